The molecular weight excluding hydrogens is 308 g/mol. The molecule has 0 radical (unpaired) electrons. The Morgan fingerprint density at radius 2 is 2.19 bits per heavy atom. The van der Waals surface area contributed by atoms with Crippen LogP contribution in [0, 0.1) is 0 Å². The predicted molar refractivity (Wildman–Crippen MR) is 74.3 cm³/mol. The second kappa shape index (κ2) is 6.05. The Kier molecular flexibility index (Phi) is 4.55. The number of hydrogen-bond donors (Lipinski definition) is 0. The summed E-state index contributed by atoms with van der Waals surface area (Å²) in [6.07, 6.45) is -4.44. The number of benzene rings is 1. The van der Waals surface area contributed by atoms with Crippen LogP contribution in [0.4, 0.5) is 23.2 Å². The Morgan fingerprint density at radius 1 is 1.48 bits per heavy atom. The van der Waals surface area contributed by atoms with Crippen LogP contribution in [0.5, 0.6) is 0 Å². The molecule has 1 aliphatic heterocycles. The van der Waals surface area contributed by atoms with Gasteiger partial charge < -0.3 is 4.90 Å². The minimum absolute atomic E-state index is 0.0469. The van der Waals surface area contributed by atoms with E-state index in [1.807, 2.05) is 6.92 Å². The molecule has 1 aliphatic rings. The normalized spacial score (nSPS) is 21.1. The molecule has 1 atom stereocenters. The fourth-order valence-corrected chi connectivity index (χ4v) is 2.95. The van der Waals surface area contributed by atoms with E-state index in [0.29, 0.717) is 6.54 Å². The Labute approximate surface area is 123 Å². The van der Waals surface area contributed by atoms with Crippen LogP contribution in [-0.2, 0) is 11.0 Å². The van der Waals surface area contributed by atoms with Gasteiger partial charge in [-0.05, 0) is 18.2 Å². The van der Waals surface area contributed by atoms with Gasteiger partial charge >= 0.3 is 6.18 Å². The predicted octanol–water partition coefficient (Wildman–Crippen LogP) is 3.50. The molecule has 1 aromatic rings. The number of amides is 1. The van der Waals surface area contributed by atoms with Crippen molar-refractivity contribution in [1.82, 2.24) is 0 Å². The Morgan fingerprint density at radius 3 is 2.81 bits per heavy atom. The van der Waals surface area contributed by atoms with Gasteiger partial charge in [0.25, 0.3) is 5.91 Å². The molecule has 8 heteroatoms. The van der Waals surface area contributed by atoms with E-state index in [4.69, 9.17) is 0 Å². The van der Waals surface area contributed by atoms with Crippen molar-refractivity contribution < 1.29 is 22.4 Å². The van der Waals surface area contributed by atoms with Crippen LogP contribution >= 0.6 is 11.8 Å². The molecule has 1 heterocycles. The fourth-order valence-electron chi connectivity index (χ4n) is 1.91. The molecule has 0 aliphatic carbocycles. The summed E-state index contributed by atoms with van der Waals surface area (Å²) in [5.74, 6) is -0.941. The standard InChI is InChI=1S/C13H12F4N2OS/c1-8-7-19(12(21-8)18-11(20)6-14)10-4-2-3-9(5-10)13(15,16)17/h2-5,8H,6-7H2,1H3. The van der Waals surface area contributed by atoms with Crippen LogP contribution < -0.4 is 4.90 Å². The summed E-state index contributed by atoms with van der Waals surface area (Å²) in [6.45, 7) is 1.03. The van der Waals surface area contributed by atoms with Crippen LogP contribution in [0.2, 0.25) is 0 Å². The Bertz CT molecular complexity index is 574. The van der Waals surface area contributed by atoms with E-state index in [0.717, 1.165) is 12.1 Å². The number of alkyl halides is 4. The molecule has 1 aromatic carbocycles. The first kappa shape index (κ1) is 15.8. The van der Waals surface area contributed by atoms with Gasteiger partial charge in [0, 0.05) is 17.5 Å². The van der Waals surface area contributed by atoms with Crippen molar-refractivity contribution in [3.8, 4) is 0 Å². The van der Waals surface area contributed by atoms with E-state index >= 15 is 0 Å². The highest BCUT2D eigenvalue weighted by Crippen LogP contribution is 2.35. The Hall–Kier alpha value is -1.57. The number of nitrogens with zero attached hydrogens (tertiary/aromatic N) is 2. The maximum atomic E-state index is 12.7. The van der Waals surface area contributed by atoms with Gasteiger partial charge in [0.1, 0.15) is 0 Å². The highest BCUT2D eigenvalue weighted by atomic mass is 32.2. The highest BCUT2D eigenvalue weighted by Gasteiger charge is 2.33. The van der Waals surface area contributed by atoms with Gasteiger partial charge in [-0.3, -0.25) is 4.79 Å². The lowest BCUT2D eigenvalue weighted by atomic mass is 10.2. The number of aliphatic imine (C=N–C) groups is 1. The van der Waals surface area contributed by atoms with Crippen LogP contribution in [0.1, 0.15) is 12.5 Å². The lowest BCUT2D eigenvalue weighted by Crippen LogP contribution is -2.26. The van der Waals surface area contributed by atoms with Gasteiger partial charge in [0.05, 0.1) is 5.56 Å². The lowest BCUT2D eigenvalue weighted by molar-refractivity contribution is -0.137. The number of carbonyl (C=O) groups excluding carboxylic acids is 1. The first-order valence-corrected chi connectivity index (χ1v) is 6.98. The zero-order valence-electron chi connectivity index (χ0n) is 11.0. The number of rotatable bonds is 2. The molecule has 0 N–H and O–H groups in total. The van der Waals surface area contributed by atoms with E-state index in [-0.39, 0.29) is 16.1 Å². The molecule has 0 spiro atoms. The second-order valence-corrected chi connectivity index (χ2v) is 5.91. The average Bonchev–Trinajstić information content (AvgIpc) is 2.78. The van der Waals surface area contributed by atoms with E-state index < -0.39 is 24.3 Å². The first-order chi connectivity index (χ1) is 9.81. The van der Waals surface area contributed by atoms with Gasteiger partial charge in [-0.1, -0.05) is 24.8 Å². The van der Waals surface area contributed by atoms with Gasteiger partial charge in [-0.2, -0.15) is 18.2 Å². The molecule has 0 saturated carbocycles. The minimum atomic E-state index is -4.44. The fraction of sp³-hybridized carbons (Fsp3) is 0.385. The molecular formula is C13H12F4N2OS. The van der Waals surface area contributed by atoms with Crippen molar-refractivity contribution in [2.75, 3.05) is 18.1 Å². The summed E-state index contributed by atoms with van der Waals surface area (Å²) in [6, 6.07) is 4.76. The molecule has 114 valence electrons. The summed E-state index contributed by atoms with van der Waals surface area (Å²) in [4.78, 5) is 16.2. The minimum Gasteiger partial charge on any atom is -0.320 e. The highest BCUT2D eigenvalue weighted by molar-refractivity contribution is 8.15. The maximum Gasteiger partial charge on any atom is 0.416 e. The molecule has 1 unspecified atom stereocenters. The van der Waals surface area contributed by atoms with Crippen LogP contribution in [0.25, 0.3) is 0 Å². The first-order valence-electron chi connectivity index (χ1n) is 6.10. The summed E-state index contributed by atoms with van der Waals surface area (Å²) in [5, 5.41) is 0.273. The van der Waals surface area contributed by atoms with Crippen molar-refractivity contribution in [2.45, 2.75) is 18.3 Å². The topological polar surface area (TPSA) is 32.7 Å². The quantitative estimate of drug-likeness (QED) is 0.782. The van der Waals surface area contributed by atoms with Gasteiger partial charge in [0.2, 0.25) is 0 Å². The number of amidine groups is 1. The molecule has 0 aromatic heterocycles. The lowest BCUT2D eigenvalue weighted by Gasteiger charge is -2.19. The van der Waals surface area contributed by atoms with E-state index in [2.05, 4.69) is 4.99 Å². The number of thioether (sulfide) groups is 1. The van der Waals surface area contributed by atoms with Crippen LogP contribution in [0.3, 0.4) is 0 Å². The zero-order valence-corrected chi connectivity index (χ0v) is 11.8. The monoisotopic (exact) mass is 320 g/mol. The number of halogens is 4. The van der Waals surface area contributed by atoms with Gasteiger partial charge in [-0.15, -0.1) is 0 Å². The van der Waals surface area contributed by atoms with E-state index in [9.17, 15) is 22.4 Å². The largest absolute Gasteiger partial charge is 0.416 e. The van der Waals surface area contributed by atoms with Crippen molar-refractivity contribution in [1.29, 1.82) is 0 Å². The average molecular weight is 320 g/mol. The summed E-state index contributed by atoms with van der Waals surface area (Å²) in [7, 11) is 0. The second-order valence-electron chi connectivity index (χ2n) is 4.51. The van der Waals surface area contributed by atoms with E-state index in [1.54, 1.807) is 0 Å². The molecule has 1 saturated heterocycles. The Balaban J connectivity index is 2.35. The SMILES string of the molecule is CC1CN(c2cccc(C(F)(F)F)c2)C(=NC(=O)CF)S1. The van der Waals surface area contributed by atoms with E-state index in [1.165, 1.54) is 28.8 Å². The number of carbonyl (C=O) groups is 1. The van der Waals surface area contributed by atoms with Crippen molar-refractivity contribution in [2.24, 2.45) is 4.99 Å². The third-order valence-electron chi connectivity index (χ3n) is 2.80. The molecule has 1 fully saturated rings. The van der Waals surface area contributed by atoms with Crippen LogP contribution in [-0.4, -0.2) is 29.5 Å². The summed E-state index contributed by atoms with van der Waals surface area (Å²) < 4.78 is 50.5. The van der Waals surface area contributed by atoms with Gasteiger partial charge in [0.15, 0.2) is 11.8 Å². The zero-order chi connectivity index (χ0) is 15.6. The molecule has 21 heavy (non-hydrogen) atoms. The number of hydrogen-bond acceptors (Lipinski definition) is 2. The molecule has 0 bridgehead atoms. The van der Waals surface area contributed by atoms with Gasteiger partial charge in [-0.25, -0.2) is 4.39 Å². The third-order valence-corrected chi connectivity index (χ3v) is 3.87. The molecule has 3 nitrogen and oxygen atoms in total. The number of anilines is 1. The summed E-state index contributed by atoms with van der Waals surface area (Å²) >= 11 is 1.23. The molecule has 1 amide bonds. The van der Waals surface area contributed by atoms with Crippen LogP contribution in [0.15, 0.2) is 29.3 Å². The third kappa shape index (κ3) is 3.75. The molecule has 2 rings (SSSR count). The smallest absolute Gasteiger partial charge is 0.320 e. The summed E-state index contributed by atoms with van der Waals surface area (Å²) in [5.41, 5.74) is -0.493. The maximum absolute atomic E-state index is 12.7. The van der Waals surface area contributed by atoms with Crippen molar-refractivity contribution in [3.05, 3.63) is 29.8 Å². The van der Waals surface area contributed by atoms with Crippen molar-refractivity contribution >= 4 is 28.5 Å². The van der Waals surface area contributed by atoms with Crippen molar-refractivity contribution in [3.63, 3.8) is 0 Å².